The van der Waals surface area contributed by atoms with Crippen molar-refractivity contribution in [2.75, 3.05) is 16.8 Å². The van der Waals surface area contributed by atoms with E-state index in [2.05, 4.69) is 5.32 Å². The van der Waals surface area contributed by atoms with E-state index in [-0.39, 0.29) is 0 Å². The third-order valence-corrected chi connectivity index (χ3v) is 3.19. The highest BCUT2D eigenvalue weighted by molar-refractivity contribution is 6.01. The maximum atomic E-state index is 13.8. The standard InChI is InChI=1S/C17H13F2N3O2/c1-11(23)22(17-14(18)3-2-4-15(17)19)10-16(24)21-13-7-5-12(9-20)6-8-13/h2-8H,10H2,1H3,(H,21,24). The number of nitriles is 1. The molecule has 0 spiro atoms. The Morgan fingerprint density at radius 2 is 1.71 bits per heavy atom. The molecular weight excluding hydrogens is 316 g/mol. The number of hydrogen-bond acceptors (Lipinski definition) is 3. The summed E-state index contributed by atoms with van der Waals surface area (Å²) in [5.41, 5.74) is 0.253. The molecule has 0 saturated carbocycles. The van der Waals surface area contributed by atoms with E-state index in [1.807, 2.05) is 6.07 Å². The zero-order chi connectivity index (χ0) is 17.7. The van der Waals surface area contributed by atoms with Gasteiger partial charge in [0.05, 0.1) is 11.6 Å². The molecule has 2 rings (SSSR count). The van der Waals surface area contributed by atoms with Crippen molar-refractivity contribution in [3.63, 3.8) is 0 Å². The summed E-state index contributed by atoms with van der Waals surface area (Å²) in [5.74, 6) is -3.17. The molecular formula is C17H13F2N3O2. The van der Waals surface area contributed by atoms with Crippen molar-refractivity contribution in [3.05, 3.63) is 59.7 Å². The first-order chi connectivity index (χ1) is 11.4. The minimum atomic E-state index is -0.934. The summed E-state index contributed by atoms with van der Waals surface area (Å²) in [6.07, 6.45) is 0. The van der Waals surface area contributed by atoms with Crippen molar-refractivity contribution in [2.45, 2.75) is 6.92 Å². The number of halogens is 2. The predicted octanol–water partition coefficient (Wildman–Crippen LogP) is 2.83. The minimum absolute atomic E-state index is 0.400. The molecule has 2 aromatic carbocycles. The second-order valence-electron chi connectivity index (χ2n) is 4.91. The Morgan fingerprint density at radius 1 is 1.12 bits per heavy atom. The third-order valence-electron chi connectivity index (χ3n) is 3.19. The summed E-state index contributed by atoms with van der Waals surface area (Å²) >= 11 is 0. The lowest BCUT2D eigenvalue weighted by atomic mass is 10.2. The van der Waals surface area contributed by atoms with Gasteiger partial charge in [0.1, 0.15) is 23.9 Å². The molecule has 0 saturated heterocycles. The number of benzene rings is 2. The largest absolute Gasteiger partial charge is 0.325 e. The average Bonchev–Trinajstić information content (AvgIpc) is 2.54. The monoisotopic (exact) mass is 329 g/mol. The van der Waals surface area contributed by atoms with Crippen LogP contribution in [0.25, 0.3) is 0 Å². The molecule has 0 atom stereocenters. The number of carbonyl (C=O) groups excluding carboxylic acids is 2. The first-order valence-electron chi connectivity index (χ1n) is 6.94. The summed E-state index contributed by atoms with van der Waals surface area (Å²) in [5, 5.41) is 11.2. The SMILES string of the molecule is CC(=O)N(CC(=O)Nc1ccc(C#N)cc1)c1c(F)cccc1F. The molecule has 0 bridgehead atoms. The molecule has 0 aliphatic carbocycles. The van der Waals surface area contributed by atoms with Crippen molar-refractivity contribution < 1.29 is 18.4 Å². The molecule has 7 heteroatoms. The molecule has 24 heavy (non-hydrogen) atoms. The molecule has 122 valence electrons. The second kappa shape index (κ2) is 7.33. The van der Waals surface area contributed by atoms with Gasteiger partial charge in [0, 0.05) is 12.6 Å². The van der Waals surface area contributed by atoms with Gasteiger partial charge in [-0.2, -0.15) is 5.26 Å². The second-order valence-corrected chi connectivity index (χ2v) is 4.91. The zero-order valence-corrected chi connectivity index (χ0v) is 12.7. The van der Waals surface area contributed by atoms with Crippen LogP contribution in [0.1, 0.15) is 12.5 Å². The molecule has 0 aliphatic rings. The van der Waals surface area contributed by atoms with Gasteiger partial charge < -0.3 is 5.32 Å². The Balaban J connectivity index is 2.17. The maximum absolute atomic E-state index is 13.8. The van der Waals surface area contributed by atoms with Gasteiger partial charge in [-0.1, -0.05) is 6.07 Å². The Labute approximate surface area is 137 Å². The Bertz CT molecular complexity index is 793. The van der Waals surface area contributed by atoms with Crippen molar-refractivity contribution in [2.24, 2.45) is 0 Å². The average molecular weight is 329 g/mol. The molecule has 0 fully saturated rings. The molecule has 0 aromatic heterocycles. The van der Waals surface area contributed by atoms with Crippen LogP contribution in [0.2, 0.25) is 0 Å². The number of rotatable bonds is 4. The lowest BCUT2D eigenvalue weighted by Gasteiger charge is -2.21. The number of carbonyl (C=O) groups is 2. The summed E-state index contributed by atoms with van der Waals surface area (Å²) in [6, 6.07) is 11.2. The van der Waals surface area contributed by atoms with Crippen LogP contribution >= 0.6 is 0 Å². The molecule has 0 unspecified atom stereocenters. The first kappa shape index (κ1) is 17.1. The summed E-state index contributed by atoms with van der Waals surface area (Å²) < 4.78 is 27.7. The molecule has 2 aromatic rings. The Hall–Kier alpha value is -3.27. The fraction of sp³-hybridized carbons (Fsp3) is 0.118. The number of nitrogens with zero attached hydrogens (tertiary/aromatic N) is 2. The smallest absolute Gasteiger partial charge is 0.244 e. The van der Waals surface area contributed by atoms with Crippen molar-refractivity contribution in [3.8, 4) is 6.07 Å². The van der Waals surface area contributed by atoms with Crippen LogP contribution < -0.4 is 10.2 Å². The molecule has 0 heterocycles. The van der Waals surface area contributed by atoms with E-state index in [9.17, 15) is 18.4 Å². The van der Waals surface area contributed by atoms with Gasteiger partial charge in [0.25, 0.3) is 0 Å². The van der Waals surface area contributed by atoms with Gasteiger partial charge >= 0.3 is 0 Å². The highest BCUT2D eigenvalue weighted by Gasteiger charge is 2.22. The van der Waals surface area contributed by atoms with Gasteiger partial charge in [-0.3, -0.25) is 14.5 Å². The van der Waals surface area contributed by atoms with Crippen LogP contribution in [-0.4, -0.2) is 18.4 Å². The van der Waals surface area contributed by atoms with Crippen LogP contribution in [0.15, 0.2) is 42.5 Å². The van der Waals surface area contributed by atoms with E-state index in [1.54, 1.807) is 0 Å². The fourth-order valence-corrected chi connectivity index (χ4v) is 2.07. The summed E-state index contributed by atoms with van der Waals surface area (Å²) in [7, 11) is 0. The van der Waals surface area contributed by atoms with Crippen LogP contribution in [0.4, 0.5) is 20.2 Å². The lowest BCUT2D eigenvalue weighted by Crippen LogP contribution is -2.37. The van der Waals surface area contributed by atoms with Crippen molar-refractivity contribution in [1.29, 1.82) is 5.26 Å². The zero-order valence-electron chi connectivity index (χ0n) is 12.7. The highest BCUT2D eigenvalue weighted by atomic mass is 19.1. The van der Waals surface area contributed by atoms with Gasteiger partial charge in [-0.15, -0.1) is 0 Å². The molecule has 2 amide bonds. The van der Waals surface area contributed by atoms with Crippen LogP contribution in [0.3, 0.4) is 0 Å². The predicted molar refractivity (Wildman–Crippen MR) is 84.2 cm³/mol. The first-order valence-corrected chi connectivity index (χ1v) is 6.94. The number of para-hydroxylation sites is 1. The van der Waals surface area contributed by atoms with Gasteiger partial charge in [0.15, 0.2) is 0 Å². The van der Waals surface area contributed by atoms with E-state index in [0.717, 1.165) is 24.0 Å². The summed E-state index contributed by atoms with van der Waals surface area (Å²) in [4.78, 5) is 24.5. The van der Waals surface area contributed by atoms with Gasteiger partial charge in [-0.05, 0) is 36.4 Å². The van der Waals surface area contributed by atoms with E-state index in [1.165, 1.54) is 30.3 Å². The molecule has 5 nitrogen and oxygen atoms in total. The lowest BCUT2D eigenvalue weighted by molar-refractivity contribution is -0.120. The number of nitrogens with one attached hydrogen (secondary N) is 1. The topological polar surface area (TPSA) is 73.2 Å². The fourth-order valence-electron chi connectivity index (χ4n) is 2.07. The van der Waals surface area contributed by atoms with E-state index >= 15 is 0 Å². The quantitative estimate of drug-likeness (QED) is 0.937. The van der Waals surface area contributed by atoms with Crippen molar-refractivity contribution >= 4 is 23.2 Å². The van der Waals surface area contributed by atoms with E-state index < -0.39 is 35.7 Å². The van der Waals surface area contributed by atoms with Gasteiger partial charge in [-0.25, -0.2) is 8.78 Å². The van der Waals surface area contributed by atoms with E-state index in [0.29, 0.717) is 11.3 Å². The molecule has 0 radical (unpaired) electrons. The van der Waals surface area contributed by atoms with Crippen molar-refractivity contribution in [1.82, 2.24) is 0 Å². The van der Waals surface area contributed by atoms with Gasteiger partial charge in [0.2, 0.25) is 11.8 Å². The molecule has 1 N–H and O–H groups in total. The van der Waals surface area contributed by atoms with Crippen LogP contribution in [0, 0.1) is 23.0 Å². The third kappa shape index (κ3) is 3.93. The molecule has 0 aliphatic heterocycles. The van der Waals surface area contributed by atoms with E-state index in [4.69, 9.17) is 5.26 Å². The normalized spacial score (nSPS) is 9.92. The Kier molecular flexibility index (Phi) is 5.22. The van der Waals surface area contributed by atoms with Crippen LogP contribution in [-0.2, 0) is 9.59 Å². The Morgan fingerprint density at radius 3 is 2.21 bits per heavy atom. The summed E-state index contributed by atoms with van der Waals surface area (Å²) in [6.45, 7) is 0.564. The minimum Gasteiger partial charge on any atom is -0.325 e. The number of amides is 2. The maximum Gasteiger partial charge on any atom is 0.244 e. The highest BCUT2D eigenvalue weighted by Crippen LogP contribution is 2.23. The van der Waals surface area contributed by atoms with Crippen LogP contribution in [0.5, 0.6) is 0 Å². The number of anilines is 2. The number of hydrogen-bond donors (Lipinski definition) is 1.